The van der Waals surface area contributed by atoms with Crippen LogP contribution >= 0.6 is 11.3 Å². The molecule has 1 aliphatic heterocycles. The van der Waals surface area contributed by atoms with Gasteiger partial charge in [-0.15, -0.1) is 10.2 Å². The van der Waals surface area contributed by atoms with Gasteiger partial charge in [0.25, 0.3) is 0 Å². The molecule has 6 heteroatoms. The number of hydrogen-bond donors (Lipinski definition) is 0. The number of rotatable bonds is 6. The van der Waals surface area contributed by atoms with Crippen molar-refractivity contribution in [2.45, 2.75) is 45.4 Å². The molecule has 5 nitrogen and oxygen atoms in total. The number of likely N-dealkylation sites (N-methyl/N-ethyl adjacent to an activating group) is 1. The van der Waals surface area contributed by atoms with E-state index >= 15 is 0 Å². The molecule has 1 saturated heterocycles. The van der Waals surface area contributed by atoms with E-state index < -0.39 is 0 Å². The fourth-order valence-corrected chi connectivity index (χ4v) is 4.40. The van der Waals surface area contributed by atoms with Gasteiger partial charge in [-0.05, 0) is 12.5 Å². The maximum atomic E-state index is 12.2. The molecule has 0 unspecified atom stereocenters. The minimum absolute atomic E-state index is 0.338. The fourth-order valence-electron chi connectivity index (χ4n) is 3.48. The van der Waals surface area contributed by atoms with Gasteiger partial charge in [0.05, 0.1) is 6.42 Å². The minimum atomic E-state index is 0.338. The number of Topliss-reactive ketones (excluding diaryl/α,β-unsaturated/α-hetero) is 1. The average molecular weight is 322 g/mol. The maximum absolute atomic E-state index is 12.2. The Morgan fingerprint density at radius 3 is 2.59 bits per heavy atom. The van der Waals surface area contributed by atoms with Crippen LogP contribution in [0, 0.1) is 5.92 Å². The van der Waals surface area contributed by atoms with Crippen molar-refractivity contribution < 1.29 is 4.79 Å². The van der Waals surface area contributed by atoms with Crippen LogP contribution in [0.2, 0.25) is 0 Å². The Morgan fingerprint density at radius 1 is 1.18 bits per heavy atom. The molecule has 1 aromatic heterocycles. The third kappa shape index (κ3) is 4.04. The Balaban J connectivity index is 1.49. The topological polar surface area (TPSA) is 49.3 Å². The molecule has 22 heavy (non-hydrogen) atoms. The van der Waals surface area contributed by atoms with Gasteiger partial charge >= 0.3 is 0 Å². The number of nitrogens with zero attached hydrogens (tertiary/aromatic N) is 4. The third-order valence-corrected chi connectivity index (χ3v) is 5.87. The lowest BCUT2D eigenvalue weighted by Gasteiger charge is -2.33. The van der Waals surface area contributed by atoms with Crippen LogP contribution in [0.3, 0.4) is 0 Å². The van der Waals surface area contributed by atoms with Crippen LogP contribution < -0.4 is 4.90 Å². The number of ketones is 1. The summed E-state index contributed by atoms with van der Waals surface area (Å²) < 4.78 is 0. The normalized spacial score (nSPS) is 20.7. The largest absolute Gasteiger partial charge is 0.344 e. The molecular formula is C16H26N4OS. The highest BCUT2D eigenvalue weighted by Gasteiger charge is 2.22. The highest BCUT2D eigenvalue weighted by molar-refractivity contribution is 7.15. The average Bonchev–Trinajstić information content (AvgIpc) is 3.19. The minimum Gasteiger partial charge on any atom is -0.344 e. The van der Waals surface area contributed by atoms with Gasteiger partial charge in [-0.1, -0.05) is 43.9 Å². The molecule has 0 amide bonds. The summed E-state index contributed by atoms with van der Waals surface area (Å²) in [4.78, 5) is 16.9. The van der Waals surface area contributed by atoms with Crippen LogP contribution in [0.25, 0.3) is 0 Å². The Hall–Kier alpha value is -1.01. The van der Waals surface area contributed by atoms with Crippen molar-refractivity contribution in [1.82, 2.24) is 15.1 Å². The van der Waals surface area contributed by atoms with Crippen LogP contribution in [-0.4, -0.2) is 53.6 Å². The summed E-state index contributed by atoms with van der Waals surface area (Å²) in [6.07, 6.45) is 6.27. The molecule has 0 aromatic carbocycles. The molecule has 1 aromatic rings. The smallest absolute Gasteiger partial charge is 0.208 e. The Kier molecular flexibility index (Phi) is 5.41. The van der Waals surface area contributed by atoms with Crippen LogP contribution in [0.4, 0.5) is 5.13 Å². The van der Waals surface area contributed by atoms with Crippen molar-refractivity contribution in [2.75, 3.05) is 37.6 Å². The highest BCUT2D eigenvalue weighted by atomic mass is 32.1. The molecule has 0 spiro atoms. The molecule has 0 radical (unpaired) electrons. The van der Waals surface area contributed by atoms with E-state index in [4.69, 9.17) is 0 Å². The Bertz CT molecular complexity index is 490. The van der Waals surface area contributed by atoms with Gasteiger partial charge in [-0.25, -0.2) is 0 Å². The van der Waals surface area contributed by atoms with Crippen molar-refractivity contribution in [1.29, 1.82) is 0 Å². The lowest BCUT2D eigenvalue weighted by molar-refractivity contribution is -0.119. The molecule has 0 bridgehead atoms. The Morgan fingerprint density at radius 2 is 1.91 bits per heavy atom. The number of aromatic nitrogens is 2. The summed E-state index contributed by atoms with van der Waals surface area (Å²) in [6, 6.07) is 0. The molecule has 2 aliphatic rings. The van der Waals surface area contributed by atoms with Gasteiger partial charge in [0, 0.05) is 32.6 Å². The van der Waals surface area contributed by atoms with Crippen molar-refractivity contribution in [3.05, 3.63) is 5.01 Å². The lowest BCUT2D eigenvalue weighted by Crippen LogP contribution is -2.46. The first-order valence-corrected chi connectivity index (χ1v) is 9.37. The fraction of sp³-hybridized carbons (Fsp3) is 0.812. The van der Waals surface area contributed by atoms with E-state index in [1.165, 1.54) is 25.7 Å². The number of anilines is 1. The summed E-state index contributed by atoms with van der Waals surface area (Å²) in [5.74, 6) is 0.965. The summed E-state index contributed by atoms with van der Waals surface area (Å²) >= 11 is 1.60. The first-order valence-electron chi connectivity index (χ1n) is 8.56. The van der Waals surface area contributed by atoms with Crippen molar-refractivity contribution in [2.24, 2.45) is 5.92 Å². The molecule has 2 fully saturated rings. The summed E-state index contributed by atoms with van der Waals surface area (Å²) in [5, 5.41) is 10.4. The van der Waals surface area contributed by atoms with Crippen LogP contribution in [0.1, 0.15) is 44.0 Å². The van der Waals surface area contributed by atoms with Crippen molar-refractivity contribution >= 4 is 22.3 Å². The first-order chi connectivity index (χ1) is 10.7. The standard InChI is InChI=1S/C16H26N4OS/c1-2-19-7-9-20(10-8-19)16-18-17-15(22-16)12-14(21)11-13-5-3-4-6-13/h13H,2-12H2,1H3. The molecule has 0 N–H and O–H groups in total. The second-order valence-electron chi connectivity index (χ2n) is 6.47. The first kappa shape index (κ1) is 15.9. The molecular weight excluding hydrogens is 296 g/mol. The summed E-state index contributed by atoms with van der Waals surface area (Å²) in [7, 11) is 0. The van der Waals surface area contributed by atoms with Crippen LogP contribution in [0.5, 0.6) is 0 Å². The SMILES string of the molecule is CCN1CCN(c2nnc(CC(=O)CC3CCCC3)s2)CC1. The number of piperazine rings is 1. The third-order valence-electron chi connectivity index (χ3n) is 4.89. The van der Waals surface area contributed by atoms with Gasteiger partial charge in [-0.3, -0.25) is 4.79 Å². The Labute approximate surface area is 136 Å². The monoisotopic (exact) mass is 322 g/mol. The molecule has 3 rings (SSSR count). The molecule has 2 heterocycles. The zero-order valence-corrected chi connectivity index (χ0v) is 14.3. The second kappa shape index (κ2) is 7.51. The van der Waals surface area contributed by atoms with Gasteiger partial charge in [0.2, 0.25) is 5.13 Å². The second-order valence-corrected chi connectivity index (χ2v) is 7.51. The van der Waals surface area contributed by atoms with E-state index in [1.54, 1.807) is 11.3 Å². The summed E-state index contributed by atoms with van der Waals surface area (Å²) in [6.45, 7) is 7.52. The molecule has 0 atom stereocenters. The highest BCUT2D eigenvalue weighted by Crippen LogP contribution is 2.28. The predicted octanol–water partition coefficient (Wildman–Crippen LogP) is 2.37. The van der Waals surface area contributed by atoms with Gasteiger partial charge in [0.1, 0.15) is 10.8 Å². The van der Waals surface area contributed by atoms with Gasteiger partial charge in [-0.2, -0.15) is 0 Å². The van der Waals surface area contributed by atoms with Crippen LogP contribution in [0.15, 0.2) is 0 Å². The predicted molar refractivity (Wildman–Crippen MR) is 89.5 cm³/mol. The van der Waals surface area contributed by atoms with E-state index in [1.807, 2.05) is 0 Å². The molecule has 1 aliphatic carbocycles. The quantitative estimate of drug-likeness (QED) is 0.805. The van der Waals surface area contributed by atoms with E-state index in [0.717, 1.165) is 49.3 Å². The molecule has 122 valence electrons. The number of carbonyl (C=O) groups excluding carboxylic acids is 1. The zero-order valence-electron chi connectivity index (χ0n) is 13.5. The maximum Gasteiger partial charge on any atom is 0.208 e. The molecule has 1 saturated carbocycles. The van der Waals surface area contributed by atoms with Crippen molar-refractivity contribution in [3.63, 3.8) is 0 Å². The zero-order chi connectivity index (χ0) is 15.4. The lowest BCUT2D eigenvalue weighted by atomic mass is 10.00. The van der Waals surface area contributed by atoms with E-state index in [9.17, 15) is 4.79 Å². The number of carbonyl (C=O) groups is 1. The van der Waals surface area contributed by atoms with E-state index in [2.05, 4.69) is 26.9 Å². The van der Waals surface area contributed by atoms with E-state index in [0.29, 0.717) is 18.1 Å². The van der Waals surface area contributed by atoms with E-state index in [-0.39, 0.29) is 0 Å². The number of hydrogen-bond acceptors (Lipinski definition) is 6. The van der Waals surface area contributed by atoms with Gasteiger partial charge in [0.15, 0.2) is 0 Å². The summed E-state index contributed by atoms with van der Waals surface area (Å²) in [5.41, 5.74) is 0. The van der Waals surface area contributed by atoms with Gasteiger partial charge < -0.3 is 9.80 Å². The van der Waals surface area contributed by atoms with Crippen molar-refractivity contribution in [3.8, 4) is 0 Å². The van der Waals surface area contributed by atoms with Crippen LogP contribution in [-0.2, 0) is 11.2 Å².